The van der Waals surface area contributed by atoms with E-state index in [1.807, 2.05) is 61.5 Å². The standard InChI is InChI=1S/C23H23N5O2/c1-14(16-11-7-8-12-25-16)26-23-27-17-13-18(29-2)21(30-3)19(20(17)22(24)28-23)15-9-5-4-6-10-15/h4-14H,1-3H3,(H3,24,26,27,28). The minimum Gasteiger partial charge on any atom is -0.493 e. The number of hydrogen-bond acceptors (Lipinski definition) is 7. The van der Waals surface area contributed by atoms with Crippen molar-refractivity contribution in [2.45, 2.75) is 13.0 Å². The number of aromatic nitrogens is 3. The summed E-state index contributed by atoms with van der Waals surface area (Å²) in [6.45, 7) is 2.00. The number of fused-ring (bicyclic) bond motifs is 1. The number of benzene rings is 2. The number of nitrogen functional groups attached to an aromatic ring is 1. The highest BCUT2D eigenvalue weighted by Gasteiger charge is 2.21. The Morgan fingerprint density at radius 3 is 2.40 bits per heavy atom. The summed E-state index contributed by atoms with van der Waals surface area (Å²) in [5.41, 5.74) is 9.71. The van der Waals surface area contributed by atoms with Gasteiger partial charge in [0.15, 0.2) is 11.5 Å². The van der Waals surface area contributed by atoms with Gasteiger partial charge < -0.3 is 20.5 Å². The Hall–Kier alpha value is -3.87. The molecule has 0 radical (unpaired) electrons. The molecule has 0 saturated heterocycles. The summed E-state index contributed by atoms with van der Waals surface area (Å²) < 4.78 is 11.3. The van der Waals surface area contributed by atoms with Crippen molar-refractivity contribution in [2.24, 2.45) is 0 Å². The molecular formula is C23H23N5O2. The van der Waals surface area contributed by atoms with Crippen LogP contribution in [0.1, 0.15) is 18.7 Å². The maximum absolute atomic E-state index is 6.42. The molecule has 1 unspecified atom stereocenters. The van der Waals surface area contributed by atoms with Gasteiger partial charge in [-0.1, -0.05) is 36.4 Å². The average Bonchev–Trinajstić information content (AvgIpc) is 2.78. The molecule has 0 aliphatic carbocycles. The number of hydrogen-bond donors (Lipinski definition) is 2. The van der Waals surface area contributed by atoms with Crippen molar-refractivity contribution in [2.75, 3.05) is 25.3 Å². The van der Waals surface area contributed by atoms with Crippen molar-refractivity contribution in [1.29, 1.82) is 0 Å². The molecule has 2 aromatic carbocycles. The zero-order chi connectivity index (χ0) is 21.1. The van der Waals surface area contributed by atoms with Crippen molar-refractivity contribution in [1.82, 2.24) is 15.0 Å². The van der Waals surface area contributed by atoms with E-state index in [-0.39, 0.29) is 6.04 Å². The number of methoxy groups -OCH3 is 2. The van der Waals surface area contributed by atoms with Crippen molar-refractivity contribution >= 4 is 22.7 Å². The Balaban J connectivity index is 1.87. The number of nitrogens with one attached hydrogen (secondary N) is 1. The molecule has 152 valence electrons. The van der Waals surface area contributed by atoms with Crippen LogP contribution in [-0.4, -0.2) is 29.2 Å². The molecule has 0 bridgehead atoms. The fraction of sp³-hybridized carbons (Fsp3) is 0.174. The highest BCUT2D eigenvalue weighted by Crippen LogP contribution is 2.45. The Morgan fingerprint density at radius 2 is 1.73 bits per heavy atom. The van der Waals surface area contributed by atoms with Crippen LogP contribution in [0.4, 0.5) is 11.8 Å². The average molecular weight is 401 g/mol. The first-order valence-corrected chi connectivity index (χ1v) is 9.57. The third kappa shape index (κ3) is 3.57. The van der Waals surface area contributed by atoms with Crippen LogP contribution in [0.2, 0.25) is 0 Å². The molecule has 0 fully saturated rings. The second-order valence-electron chi connectivity index (χ2n) is 6.80. The molecule has 0 aliphatic heterocycles. The topological polar surface area (TPSA) is 95.2 Å². The second kappa shape index (κ2) is 8.24. The van der Waals surface area contributed by atoms with E-state index in [2.05, 4.69) is 15.3 Å². The van der Waals surface area contributed by atoms with Crippen molar-refractivity contribution in [3.05, 3.63) is 66.5 Å². The van der Waals surface area contributed by atoms with Gasteiger partial charge in [0.05, 0.1) is 36.9 Å². The van der Waals surface area contributed by atoms with Gasteiger partial charge in [-0.25, -0.2) is 4.98 Å². The summed E-state index contributed by atoms with van der Waals surface area (Å²) in [5.74, 6) is 1.94. The first kappa shape index (κ1) is 19.4. The first-order chi connectivity index (χ1) is 14.6. The van der Waals surface area contributed by atoms with Gasteiger partial charge in [-0.15, -0.1) is 0 Å². The number of pyridine rings is 1. The van der Waals surface area contributed by atoms with Gasteiger partial charge in [0, 0.05) is 17.8 Å². The molecule has 0 saturated carbocycles. The van der Waals surface area contributed by atoms with Crippen LogP contribution in [0, 0.1) is 0 Å². The summed E-state index contributed by atoms with van der Waals surface area (Å²) in [5, 5.41) is 4.00. The summed E-state index contributed by atoms with van der Waals surface area (Å²) in [4.78, 5) is 13.6. The molecule has 4 aromatic rings. The van der Waals surface area contributed by atoms with E-state index in [9.17, 15) is 0 Å². The molecule has 1 atom stereocenters. The van der Waals surface area contributed by atoms with E-state index in [4.69, 9.17) is 20.2 Å². The van der Waals surface area contributed by atoms with Gasteiger partial charge in [-0.2, -0.15) is 4.98 Å². The van der Waals surface area contributed by atoms with E-state index in [1.54, 1.807) is 20.4 Å². The van der Waals surface area contributed by atoms with Crippen molar-refractivity contribution in [3.63, 3.8) is 0 Å². The van der Waals surface area contributed by atoms with Gasteiger partial charge in [0.1, 0.15) is 5.82 Å². The smallest absolute Gasteiger partial charge is 0.225 e. The third-order valence-corrected chi connectivity index (χ3v) is 4.90. The number of nitrogens with zero attached hydrogens (tertiary/aromatic N) is 3. The molecule has 2 aromatic heterocycles. The van der Waals surface area contributed by atoms with Crippen LogP contribution in [0.25, 0.3) is 22.0 Å². The van der Waals surface area contributed by atoms with Crippen LogP contribution >= 0.6 is 0 Å². The number of rotatable bonds is 6. The Morgan fingerprint density at radius 1 is 0.967 bits per heavy atom. The number of nitrogens with two attached hydrogens (primary N) is 1. The number of anilines is 2. The van der Waals surface area contributed by atoms with Crippen LogP contribution in [0.15, 0.2) is 60.8 Å². The maximum Gasteiger partial charge on any atom is 0.225 e. The van der Waals surface area contributed by atoms with Crippen LogP contribution < -0.4 is 20.5 Å². The third-order valence-electron chi connectivity index (χ3n) is 4.90. The summed E-state index contributed by atoms with van der Waals surface area (Å²) in [6.07, 6.45) is 1.76. The quantitative estimate of drug-likeness (QED) is 0.492. The SMILES string of the molecule is COc1cc2nc(NC(C)c3ccccn3)nc(N)c2c(-c2ccccc2)c1OC. The number of ether oxygens (including phenoxy) is 2. The fourth-order valence-electron chi connectivity index (χ4n) is 3.48. The Kier molecular flexibility index (Phi) is 5.34. The molecule has 0 amide bonds. The Labute approximate surface area is 174 Å². The predicted octanol–water partition coefficient (Wildman–Crippen LogP) is 4.46. The predicted molar refractivity (Wildman–Crippen MR) is 119 cm³/mol. The zero-order valence-corrected chi connectivity index (χ0v) is 17.1. The van der Waals surface area contributed by atoms with Crippen LogP contribution in [0.5, 0.6) is 11.5 Å². The molecular weight excluding hydrogens is 378 g/mol. The summed E-state index contributed by atoms with van der Waals surface area (Å²) in [6, 6.07) is 17.4. The van der Waals surface area contributed by atoms with Gasteiger partial charge >= 0.3 is 0 Å². The van der Waals surface area contributed by atoms with Gasteiger partial charge in [0.2, 0.25) is 5.95 Å². The molecule has 7 nitrogen and oxygen atoms in total. The van der Waals surface area contributed by atoms with Crippen molar-refractivity contribution in [3.8, 4) is 22.6 Å². The van der Waals surface area contributed by atoms with E-state index in [0.717, 1.165) is 22.2 Å². The lowest BCUT2D eigenvalue weighted by atomic mass is 9.99. The van der Waals surface area contributed by atoms with E-state index in [1.165, 1.54) is 0 Å². The monoisotopic (exact) mass is 401 g/mol. The molecule has 30 heavy (non-hydrogen) atoms. The van der Waals surface area contributed by atoms with Gasteiger partial charge in [-0.3, -0.25) is 4.98 Å². The van der Waals surface area contributed by atoms with Crippen molar-refractivity contribution < 1.29 is 9.47 Å². The molecule has 2 heterocycles. The minimum atomic E-state index is -0.0863. The zero-order valence-electron chi connectivity index (χ0n) is 17.1. The lowest BCUT2D eigenvalue weighted by Gasteiger charge is -2.18. The lowest BCUT2D eigenvalue weighted by molar-refractivity contribution is 0.357. The molecule has 0 spiro atoms. The fourth-order valence-corrected chi connectivity index (χ4v) is 3.48. The molecule has 4 rings (SSSR count). The largest absolute Gasteiger partial charge is 0.493 e. The molecule has 0 aliphatic rings. The van der Waals surface area contributed by atoms with Crippen LogP contribution in [-0.2, 0) is 0 Å². The lowest BCUT2D eigenvalue weighted by Crippen LogP contribution is -2.12. The molecule has 3 N–H and O–H groups in total. The van der Waals surface area contributed by atoms with Crippen LogP contribution in [0.3, 0.4) is 0 Å². The Bertz CT molecular complexity index is 1170. The minimum absolute atomic E-state index is 0.0863. The van der Waals surface area contributed by atoms with E-state index < -0.39 is 0 Å². The van der Waals surface area contributed by atoms with E-state index >= 15 is 0 Å². The van der Waals surface area contributed by atoms with Gasteiger partial charge in [-0.05, 0) is 24.6 Å². The first-order valence-electron chi connectivity index (χ1n) is 9.57. The highest BCUT2D eigenvalue weighted by molar-refractivity contribution is 6.05. The van der Waals surface area contributed by atoms with Gasteiger partial charge in [0.25, 0.3) is 0 Å². The van der Waals surface area contributed by atoms with E-state index in [0.29, 0.717) is 28.8 Å². The second-order valence-corrected chi connectivity index (χ2v) is 6.80. The summed E-state index contributed by atoms with van der Waals surface area (Å²) >= 11 is 0. The normalized spacial score (nSPS) is 11.8. The summed E-state index contributed by atoms with van der Waals surface area (Å²) in [7, 11) is 3.21. The highest BCUT2D eigenvalue weighted by atomic mass is 16.5. The maximum atomic E-state index is 6.42. The molecule has 7 heteroatoms.